The van der Waals surface area contributed by atoms with Crippen LogP contribution in [-0.4, -0.2) is 41.3 Å². The van der Waals surface area contributed by atoms with Gasteiger partial charge in [0.1, 0.15) is 11.5 Å². The van der Waals surface area contributed by atoms with Crippen LogP contribution in [0, 0.1) is 12.7 Å². The van der Waals surface area contributed by atoms with E-state index in [1.165, 1.54) is 12.1 Å². The molecule has 1 aromatic carbocycles. The van der Waals surface area contributed by atoms with Gasteiger partial charge >= 0.3 is 6.03 Å². The van der Waals surface area contributed by atoms with E-state index >= 15 is 0 Å². The Morgan fingerprint density at radius 3 is 2.62 bits per heavy atom. The molecule has 9 heteroatoms. The van der Waals surface area contributed by atoms with E-state index in [1.807, 2.05) is 13.8 Å². The summed E-state index contributed by atoms with van der Waals surface area (Å²) in [4.78, 5) is 29.4. The van der Waals surface area contributed by atoms with Gasteiger partial charge in [-0.25, -0.2) is 14.2 Å². The number of nitrogens with two attached hydrogens (primary N) is 1. The zero-order chi connectivity index (χ0) is 24.6. The predicted octanol–water partition coefficient (Wildman–Crippen LogP) is 3.43. The molecule has 0 spiro atoms. The third kappa shape index (κ3) is 4.76. The number of aliphatic hydroxyl groups is 1. The minimum atomic E-state index is -0.887. The van der Waals surface area contributed by atoms with Crippen LogP contribution in [0.5, 0.6) is 0 Å². The molecule has 8 nitrogen and oxygen atoms in total. The van der Waals surface area contributed by atoms with Gasteiger partial charge in [-0.1, -0.05) is 19.9 Å². The van der Waals surface area contributed by atoms with Crippen molar-refractivity contribution in [3.8, 4) is 0 Å². The first-order valence-electron chi connectivity index (χ1n) is 11.5. The maximum atomic E-state index is 14.1. The molecule has 2 aliphatic rings. The second kappa shape index (κ2) is 9.31. The number of rotatable bonds is 4. The van der Waals surface area contributed by atoms with Gasteiger partial charge in [0, 0.05) is 19.1 Å². The second-order valence-electron chi connectivity index (χ2n) is 9.80. The number of pyridine rings is 1. The molecule has 1 aromatic heterocycles. The van der Waals surface area contributed by atoms with Crippen molar-refractivity contribution in [3.05, 3.63) is 58.2 Å². The van der Waals surface area contributed by atoms with Crippen molar-refractivity contribution in [2.75, 3.05) is 18.5 Å². The largest absolute Gasteiger partial charge is 0.391 e. The van der Waals surface area contributed by atoms with Crippen molar-refractivity contribution >= 4 is 17.6 Å². The number of anilines is 1. The van der Waals surface area contributed by atoms with E-state index in [-0.39, 0.29) is 17.0 Å². The van der Waals surface area contributed by atoms with Gasteiger partial charge in [0.25, 0.3) is 5.91 Å². The topological polar surface area (TPSA) is 127 Å². The Morgan fingerprint density at radius 1 is 1.24 bits per heavy atom. The Kier molecular flexibility index (Phi) is 6.60. The zero-order valence-electron chi connectivity index (χ0n) is 19.7. The summed E-state index contributed by atoms with van der Waals surface area (Å²) in [5, 5.41) is 16.5. The fourth-order valence-corrected chi connectivity index (χ4v) is 5.10. The average Bonchev–Trinajstić information content (AvgIpc) is 2.76. The van der Waals surface area contributed by atoms with Crippen molar-refractivity contribution in [1.82, 2.24) is 10.3 Å². The van der Waals surface area contributed by atoms with E-state index < -0.39 is 29.9 Å². The molecule has 1 aliphatic carbocycles. The number of benzene rings is 1. The highest BCUT2D eigenvalue weighted by molar-refractivity contribution is 5.94. The van der Waals surface area contributed by atoms with Gasteiger partial charge in [-0.05, 0) is 66.5 Å². The fraction of sp³-hybridized carbons (Fsp3) is 0.480. The highest BCUT2D eigenvalue weighted by Crippen LogP contribution is 2.42. The lowest BCUT2D eigenvalue weighted by Gasteiger charge is -2.40. The van der Waals surface area contributed by atoms with Crippen molar-refractivity contribution in [2.24, 2.45) is 5.73 Å². The van der Waals surface area contributed by atoms with Crippen LogP contribution >= 0.6 is 0 Å². The fourth-order valence-electron chi connectivity index (χ4n) is 5.10. The molecule has 5 N–H and O–H groups in total. The number of halogens is 1. The Morgan fingerprint density at radius 2 is 1.94 bits per heavy atom. The van der Waals surface area contributed by atoms with Crippen LogP contribution < -0.4 is 16.4 Å². The van der Waals surface area contributed by atoms with Crippen LogP contribution in [0.2, 0.25) is 0 Å². The van der Waals surface area contributed by atoms with Crippen LogP contribution in [-0.2, 0) is 10.2 Å². The molecular weight excluding hydrogens is 439 g/mol. The summed E-state index contributed by atoms with van der Waals surface area (Å²) in [5.41, 5.74) is 8.34. The van der Waals surface area contributed by atoms with Gasteiger partial charge in [0.15, 0.2) is 0 Å². The van der Waals surface area contributed by atoms with E-state index in [9.17, 15) is 19.1 Å². The van der Waals surface area contributed by atoms with Gasteiger partial charge in [-0.3, -0.25) is 4.79 Å². The number of nitrogens with one attached hydrogen (secondary N) is 2. The van der Waals surface area contributed by atoms with E-state index in [0.717, 1.165) is 5.56 Å². The number of hydrogen-bond donors (Lipinski definition) is 4. The lowest BCUT2D eigenvalue weighted by atomic mass is 9.69. The summed E-state index contributed by atoms with van der Waals surface area (Å²) in [6.07, 6.45) is 0.932. The van der Waals surface area contributed by atoms with Crippen LogP contribution in [0.3, 0.4) is 0 Å². The number of amides is 3. The molecule has 1 saturated heterocycles. The third-order valence-corrected chi connectivity index (χ3v) is 6.80. The Labute approximate surface area is 198 Å². The quantitative estimate of drug-likeness (QED) is 0.545. The molecule has 2 heterocycles. The molecular formula is C25H31FN4O4. The minimum absolute atomic E-state index is 0.00126. The summed E-state index contributed by atoms with van der Waals surface area (Å²) >= 11 is 0. The molecule has 0 bridgehead atoms. The number of nitrogens with zero attached hydrogens (tertiary/aromatic N) is 1. The number of fused-ring (bicyclic) bond motifs is 1. The van der Waals surface area contributed by atoms with Gasteiger partial charge in [-0.15, -0.1) is 0 Å². The molecule has 2 aromatic rings. The minimum Gasteiger partial charge on any atom is -0.391 e. The summed E-state index contributed by atoms with van der Waals surface area (Å²) in [6, 6.07) is 4.83. The standard InChI is InChI=1S/C25H31FN4O4/c1-13-10-18(21(29-20(13)23(27)32)14-6-8-34-9-7-14)28-24(33)30-22-16-11-15(26)4-5-17(16)25(2,3)12-19(22)31/h4-5,10-11,14,19,22,31H,6-9,12H2,1-3H3,(H2,27,32)(H2,28,30,33)/t19-,22-/m1/s1. The molecule has 1 fully saturated rings. The number of hydrogen-bond acceptors (Lipinski definition) is 5. The van der Waals surface area contributed by atoms with Crippen LogP contribution in [0.25, 0.3) is 0 Å². The Bertz CT molecular complexity index is 1110. The average molecular weight is 471 g/mol. The van der Waals surface area contributed by atoms with Crippen molar-refractivity contribution in [3.63, 3.8) is 0 Å². The molecule has 0 saturated carbocycles. The van der Waals surface area contributed by atoms with E-state index in [1.54, 1.807) is 19.1 Å². The Balaban J connectivity index is 1.62. The molecule has 0 unspecified atom stereocenters. The van der Waals surface area contributed by atoms with Crippen LogP contribution in [0.4, 0.5) is 14.9 Å². The first kappa shape index (κ1) is 24.1. The number of primary amides is 1. The summed E-state index contributed by atoms with van der Waals surface area (Å²) in [7, 11) is 0. The molecule has 34 heavy (non-hydrogen) atoms. The molecule has 3 amide bonds. The first-order valence-corrected chi connectivity index (χ1v) is 11.5. The lowest BCUT2D eigenvalue weighted by molar-refractivity contribution is 0.0844. The van der Waals surface area contributed by atoms with Gasteiger partial charge < -0.3 is 26.2 Å². The number of urea groups is 1. The highest BCUT2D eigenvalue weighted by atomic mass is 19.1. The number of aromatic nitrogens is 1. The third-order valence-electron chi connectivity index (χ3n) is 6.80. The Hall–Kier alpha value is -3.04. The van der Waals surface area contributed by atoms with E-state index in [0.29, 0.717) is 55.0 Å². The van der Waals surface area contributed by atoms with Crippen molar-refractivity contribution < 1.29 is 23.8 Å². The van der Waals surface area contributed by atoms with Gasteiger partial charge in [0.2, 0.25) is 0 Å². The van der Waals surface area contributed by atoms with Crippen molar-refractivity contribution in [2.45, 2.75) is 63.5 Å². The maximum Gasteiger partial charge on any atom is 0.319 e. The highest BCUT2D eigenvalue weighted by Gasteiger charge is 2.39. The summed E-state index contributed by atoms with van der Waals surface area (Å²) in [6.45, 7) is 6.79. The van der Waals surface area contributed by atoms with Gasteiger partial charge in [0.05, 0.1) is 23.5 Å². The maximum absolute atomic E-state index is 14.1. The number of aryl methyl sites for hydroxylation is 1. The zero-order valence-corrected chi connectivity index (χ0v) is 19.7. The molecule has 0 radical (unpaired) electrons. The lowest BCUT2D eigenvalue weighted by Crippen LogP contribution is -2.45. The summed E-state index contributed by atoms with van der Waals surface area (Å²) in [5.74, 6) is -1.06. The second-order valence-corrected chi connectivity index (χ2v) is 9.80. The van der Waals surface area contributed by atoms with Crippen molar-refractivity contribution in [1.29, 1.82) is 0 Å². The summed E-state index contributed by atoms with van der Waals surface area (Å²) < 4.78 is 19.5. The van der Waals surface area contributed by atoms with E-state index in [2.05, 4.69) is 15.6 Å². The first-order chi connectivity index (χ1) is 16.1. The SMILES string of the molecule is Cc1cc(NC(=O)N[C@@H]2c3cc(F)ccc3C(C)(C)C[C@H]2O)c(C2CCOCC2)nc1C(N)=O. The molecule has 182 valence electrons. The molecule has 4 rings (SSSR count). The smallest absolute Gasteiger partial charge is 0.319 e. The normalized spacial score (nSPS) is 22.0. The predicted molar refractivity (Wildman–Crippen MR) is 125 cm³/mol. The van der Waals surface area contributed by atoms with Crippen LogP contribution in [0.15, 0.2) is 24.3 Å². The number of ether oxygens (including phenoxy) is 1. The van der Waals surface area contributed by atoms with Gasteiger partial charge in [-0.2, -0.15) is 0 Å². The number of carbonyl (C=O) groups excluding carboxylic acids is 2. The molecule has 1 aliphatic heterocycles. The van der Waals surface area contributed by atoms with E-state index in [4.69, 9.17) is 10.5 Å². The monoisotopic (exact) mass is 470 g/mol. The number of aliphatic hydroxyl groups excluding tert-OH is 1. The molecule has 2 atom stereocenters. The number of carbonyl (C=O) groups is 2. The van der Waals surface area contributed by atoms with Crippen LogP contribution in [0.1, 0.15) is 77.9 Å².